The van der Waals surface area contributed by atoms with Gasteiger partial charge in [-0.2, -0.15) is 18.2 Å². The molecule has 1 aromatic carbocycles. The van der Waals surface area contributed by atoms with Gasteiger partial charge < -0.3 is 15.7 Å². The first-order valence-corrected chi connectivity index (χ1v) is 8.11. The van der Waals surface area contributed by atoms with Crippen LogP contribution in [0, 0.1) is 17.6 Å². The molecule has 0 spiro atoms. The van der Waals surface area contributed by atoms with Crippen molar-refractivity contribution in [1.29, 1.82) is 0 Å². The molecule has 148 valence electrons. The van der Waals surface area contributed by atoms with Crippen LogP contribution >= 0.6 is 0 Å². The van der Waals surface area contributed by atoms with E-state index in [9.17, 15) is 27.1 Å². The Morgan fingerprint density at radius 3 is 2.33 bits per heavy atom. The van der Waals surface area contributed by atoms with Gasteiger partial charge in [-0.15, -0.1) is 0 Å². The van der Waals surface area contributed by atoms with E-state index in [0.717, 1.165) is 12.1 Å². The van der Waals surface area contributed by atoms with Gasteiger partial charge in [0.2, 0.25) is 5.95 Å². The van der Waals surface area contributed by atoms with E-state index in [4.69, 9.17) is 0 Å². The van der Waals surface area contributed by atoms with Crippen LogP contribution in [0.25, 0.3) is 0 Å². The lowest BCUT2D eigenvalue weighted by Crippen LogP contribution is -2.30. The molecule has 0 amide bonds. The van der Waals surface area contributed by atoms with Gasteiger partial charge in [0.1, 0.15) is 5.82 Å². The molecule has 0 unspecified atom stereocenters. The van der Waals surface area contributed by atoms with Crippen LogP contribution in [0.5, 0.6) is 0 Å². The first kappa shape index (κ1) is 20.8. The maximum Gasteiger partial charge on any atom is 0.433 e. The molecule has 2 aromatic rings. The summed E-state index contributed by atoms with van der Waals surface area (Å²) in [4.78, 5) is 7.41. The number of benzene rings is 1. The van der Waals surface area contributed by atoms with Crippen molar-refractivity contribution in [3.63, 3.8) is 0 Å². The lowest BCUT2D eigenvalue weighted by atomic mass is 10.1. The Kier molecular flexibility index (Phi) is 6.53. The molecule has 0 aliphatic carbocycles. The summed E-state index contributed by atoms with van der Waals surface area (Å²) < 4.78 is 65.5. The van der Waals surface area contributed by atoms with Crippen molar-refractivity contribution in [2.45, 2.75) is 32.6 Å². The lowest BCUT2D eigenvalue weighted by molar-refractivity contribution is -0.141. The van der Waals surface area contributed by atoms with E-state index in [1.807, 2.05) is 0 Å². The maximum atomic E-state index is 13.2. The third-order valence-electron chi connectivity index (χ3n) is 3.79. The number of aliphatic hydroxyl groups excluding tert-OH is 1. The summed E-state index contributed by atoms with van der Waals surface area (Å²) in [6.07, 6.45) is -4.70. The second kappa shape index (κ2) is 8.47. The van der Waals surface area contributed by atoms with Crippen molar-refractivity contribution in [3.8, 4) is 0 Å². The van der Waals surface area contributed by atoms with Crippen molar-refractivity contribution < 1.29 is 27.1 Å². The Labute approximate surface area is 152 Å². The molecule has 1 heterocycles. The van der Waals surface area contributed by atoms with Gasteiger partial charge >= 0.3 is 6.18 Å². The van der Waals surface area contributed by atoms with E-state index in [1.54, 1.807) is 13.8 Å². The van der Waals surface area contributed by atoms with E-state index < -0.39 is 29.5 Å². The Balaban J connectivity index is 2.25. The van der Waals surface area contributed by atoms with Gasteiger partial charge in [0.05, 0.1) is 12.6 Å². The van der Waals surface area contributed by atoms with Crippen LogP contribution in [0.15, 0.2) is 24.3 Å². The molecule has 10 heteroatoms. The minimum atomic E-state index is -4.70. The monoisotopic (exact) mass is 390 g/mol. The van der Waals surface area contributed by atoms with Crippen molar-refractivity contribution in [1.82, 2.24) is 9.97 Å². The third kappa shape index (κ3) is 5.75. The van der Waals surface area contributed by atoms with Crippen LogP contribution in [0.2, 0.25) is 0 Å². The van der Waals surface area contributed by atoms with E-state index in [2.05, 4.69) is 20.6 Å². The summed E-state index contributed by atoms with van der Waals surface area (Å²) in [5.74, 6) is -2.60. The van der Waals surface area contributed by atoms with Crippen molar-refractivity contribution in [2.75, 3.05) is 17.2 Å². The fraction of sp³-hybridized carbons (Fsp3) is 0.412. The molecule has 1 atom stereocenters. The topological polar surface area (TPSA) is 70.1 Å². The van der Waals surface area contributed by atoms with Crippen LogP contribution < -0.4 is 10.6 Å². The van der Waals surface area contributed by atoms with E-state index >= 15 is 0 Å². The quantitative estimate of drug-likeness (QED) is 0.627. The predicted molar refractivity (Wildman–Crippen MR) is 90.1 cm³/mol. The zero-order valence-electron chi connectivity index (χ0n) is 14.6. The average Bonchev–Trinajstić information content (AvgIpc) is 2.59. The number of nitrogens with zero attached hydrogens (tertiary/aromatic N) is 2. The van der Waals surface area contributed by atoms with Crippen molar-refractivity contribution in [2.24, 2.45) is 5.92 Å². The molecular weight excluding hydrogens is 371 g/mol. The molecule has 0 bridgehead atoms. The number of rotatable bonds is 7. The summed E-state index contributed by atoms with van der Waals surface area (Å²) in [7, 11) is 0. The molecule has 1 aromatic heterocycles. The highest BCUT2D eigenvalue weighted by molar-refractivity contribution is 5.44. The highest BCUT2D eigenvalue weighted by Gasteiger charge is 2.34. The first-order valence-electron chi connectivity index (χ1n) is 8.11. The first-order chi connectivity index (χ1) is 12.6. The van der Waals surface area contributed by atoms with Crippen molar-refractivity contribution >= 4 is 11.8 Å². The number of hydrogen-bond acceptors (Lipinski definition) is 5. The summed E-state index contributed by atoms with van der Waals surface area (Å²) in [6.45, 7) is 3.18. The number of aromatic nitrogens is 2. The third-order valence-corrected chi connectivity index (χ3v) is 3.79. The maximum absolute atomic E-state index is 13.2. The number of aliphatic hydroxyl groups is 1. The van der Waals surface area contributed by atoms with Gasteiger partial charge in [0, 0.05) is 12.6 Å². The van der Waals surface area contributed by atoms with Gasteiger partial charge in [-0.25, -0.2) is 13.8 Å². The average molecular weight is 390 g/mol. The fourth-order valence-electron chi connectivity index (χ4n) is 2.18. The molecule has 0 fully saturated rings. The fourth-order valence-corrected chi connectivity index (χ4v) is 2.18. The summed E-state index contributed by atoms with van der Waals surface area (Å²) in [5, 5.41) is 14.6. The number of hydrogen-bond donors (Lipinski definition) is 3. The molecule has 0 radical (unpaired) electrons. The SMILES string of the molecule is CC(C)[C@H](CO)Nc1nc(NCc2ccc(F)c(F)c2)cc(C(F)(F)F)n1. The zero-order chi connectivity index (χ0) is 20.2. The van der Waals surface area contributed by atoms with E-state index in [-0.39, 0.29) is 30.8 Å². The smallest absolute Gasteiger partial charge is 0.394 e. The highest BCUT2D eigenvalue weighted by atomic mass is 19.4. The molecule has 0 aliphatic heterocycles. The molecule has 0 saturated carbocycles. The largest absolute Gasteiger partial charge is 0.433 e. The number of nitrogens with one attached hydrogen (secondary N) is 2. The molecule has 0 aliphatic rings. The van der Waals surface area contributed by atoms with Crippen LogP contribution in [-0.4, -0.2) is 27.7 Å². The van der Waals surface area contributed by atoms with Gasteiger partial charge in [0.15, 0.2) is 17.3 Å². The standard InChI is InChI=1S/C17H19F5N4O/c1-9(2)13(8-27)24-16-25-14(17(20,21)22)6-15(26-16)23-7-10-3-4-11(18)12(19)5-10/h3-6,9,13,27H,7-8H2,1-2H3,(H2,23,24,25,26)/t13-/m0/s1. The van der Waals surface area contributed by atoms with Crippen LogP contribution in [0.4, 0.5) is 33.7 Å². The second-order valence-corrected chi connectivity index (χ2v) is 6.24. The molecule has 0 saturated heterocycles. The molecule has 5 nitrogen and oxygen atoms in total. The summed E-state index contributed by atoms with van der Waals surface area (Å²) in [5.41, 5.74) is -0.848. The minimum Gasteiger partial charge on any atom is -0.394 e. The van der Waals surface area contributed by atoms with Crippen molar-refractivity contribution in [3.05, 3.63) is 47.2 Å². The normalized spacial score (nSPS) is 12.9. The minimum absolute atomic E-state index is 0.0709. The van der Waals surface area contributed by atoms with Gasteiger partial charge in [-0.1, -0.05) is 19.9 Å². The van der Waals surface area contributed by atoms with Gasteiger partial charge in [-0.05, 0) is 23.6 Å². The Hall–Kier alpha value is -2.49. The zero-order valence-corrected chi connectivity index (χ0v) is 14.6. The highest BCUT2D eigenvalue weighted by Crippen LogP contribution is 2.30. The number of alkyl halides is 3. The summed E-state index contributed by atoms with van der Waals surface area (Å²) >= 11 is 0. The van der Waals surface area contributed by atoms with Crippen LogP contribution in [0.1, 0.15) is 25.1 Å². The van der Waals surface area contributed by atoms with Gasteiger partial charge in [-0.3, -0.25) is 0 Å². The predicted octanol–water partition coefficient (Wildman–Crippen LogP) is 3.81. The Morgan fingerprint density at radius 1 is 1.07 bits per heavy atom. The van der Waals surface area contributed by atoms with Gasteiger partial charge in [0.25, 0.3) is 0 Å². The molecule has 27 heavy (non-hydrogen) atoms. The second-order valence-electron chi connectivity index (χ2n) is 6.24. The number of anilines is 2. The molecule has 3 N–H and O–H groups in total. The van der Waals surface area contributed by atoms with Crippen LogP contribution in [0.3, 0.4) is 0 Å². The molecule has 2 rings (SSSR count). The number of halogens is 5. The van der Waals surface area contributed by atoms with E-state index in [0.29, 0.717) is 11.6 Å². The molecular formula is C17H19F5N4O. The Bertz CT molecular complexity index is 782. The van der Waals surface area contributed by atoms with E-state index in [1.165, 1.54) is 6.07 Å². The Morgan fingerprint density at radius 2 is 1.78 bits per heavy atom. The lowest BCUT2D eigenvalue weighted by Gasteiger charge is -2.21. The summed E-state index contributed by atoms with van der Waals surface area (Å²) in [6, 6.07) is 3.35. The van der Waals surface area contributed by atoms with Crippen LogP contribution in [-0.2, 0) is 12.7 Å².